The highest BCUT2D eigenvalue weighted by Gasteiger charge is 2.11. The standard InChI is InChI=1S/C9H11NO3.O2/c10-8(9(12)13)5-6-1-3-7(11)4-2-6;1-2/h1-4,8,11H,5,10H2,(H,12,13);. The van der Waals surface area contributed by atoms with E-state index in [0.717, 1.165) is 5.56 Å². The minimum atomic E-state index is -1.02. The van der Waals surface area contributed by atoms with Gasteiger partial charge in [-0.3, -0.25) is 4.79 Å². The number of benzene rings is 1. The molecule has 1 aromatic rings. The molecule has 0 bridgehead atoms. The zero-order valence-electron chi connectivity index (χ0n) is 7.79. The maximum atomic E-state index is 10.4. The fraction of sp³-hybridized carbons (Fsp3) is 0.222. The number of carboxylic acids is 1. The Hall–Kier alpha value is -1.95. The van der Waals surface area contributed by atoms with Crippen molar-refractivity contribution < 1.29 is 15.0 Å². The molecule has 0 aliphatic carbocycles. The van der Waals surface area contributed by atoms with E-state index in [-0.39, 0.29) is 12.2 Å². The number of aromatic hydroxyl groups is 1. The summed E-state index contributed by atoms with van der Waals surface area (Å²) in [5.41, 5.74) is 6.12. The van der Waals surface area contributed by atoms with Crippen LogP contribution in [-0.2, 0) is 11.2 Å². The van der Waals surface area contributed by atoms with Gasteiger partial charge in [0, 0.05) is 9.93 Å². The molecule has 0 saturated heterocycles. The first-order valence-electron chi connectivity index (χ1n) is 4.02. The number of aliphatic carboxylic acids is 1. The second kappa shape index (κ2) is 6.50. The number of phenols is 1. The molecule has 0 aromatic heterocycles. The smallest absolute Gasteiger partial charge is 0.320 e. The van der Waals surface area contributed by atoms with Gasteiger partial charge in [0.2, 0.25) is 0 Å². The van der Waals surface area contributed by atoms with Gasteiger partial charge in [0.05, 0.1) is 0 Å². The molecule has 4 N–H and O–H groups in total. The van der Waals surface area contributed by atoms with Crippen molar-refractivity contribution in [3.8, 4) is 5.75 Å². The van der Waals surface area contributed by atoms with Gasteiger partial charge in [-0.25, -0.2) is 0 Å². The van der Waals surface area contributed by atoms with Gasteiger partial charge in [0.25, 0.3) is 0 Å². The number of hydrogen-bond donors (Lipinski definition) is 3. The molecule has 82 valence electrons. The summed E-state index contributed by atoms with van der Waals surface area (Å²) < 4.78 is 0. The zero-order valence-corrected chi connectivity index (χ0v) is 7.79. The Bertz CT molecular complexity index is 311. The first-order valence-corrected chi connectivity index (χ1v) is 4.02. The lowest BCUT2D eigenvalue weighted by Gasteiger charge is -2.05. The van der Waals surface area contributed by atoms with Crippen LogP contribution in [0.2, 0.25) is 0 Å². The summed E-state index contributed by atoms with van der Waals surface area (Å²) in [5, 5.41) is 17.5. The minimum absolute atomic E-state index is 0.160. The Labute approximate surface area is 85.6 Å². The number of carbonyl (C=O) groups is 1. The van der Waals surface area contributed by atoms with E-state index in [0.29, 0.717) is 0 Å². The van der Waals surface area contributed by atoms with Crippen LogP contribution >= 0.6 is 0 Å². The third kappa shape index (κ3) is 4.72. The lowest BCUT2D eigenvalue weighted by atomic mass is 10.1. The van der Waals surface area contributed by atoms with E-state index in [4.69, 9.17) is 25.9 Å². The molecule has 1 aromatic carbocycles. The van der Waals surface area contributed by atoms with E-state index >= 15 is 0 Å². The first kappa shape index (κ1) is 13.1. The molecule has 0 aliphatic rings. The Morgan fingerprint density at radius 2 is 1.73 bits per heavy atom. The third-order valence-corrected chi connectivity index (χ3v) is 1.71. The summed E-state index contributed by atoms with van der Waals surface area (Å²) in [5.74, 6) is -0.860. The Balaban J connectivity index is 0.000000921. The molecule has 0 saturated carbocycles. The van der Waals surface area contributed by atoms with Crippen molar-refractivity contribution in [1.29, 1.82) is 0 Å². The predicted molar refractivity (Wildman–Crippen MR) is 54.2 cm³/mol. The topological polar surface area (TPSA) is 118 Å². The first-order chi connectivity index (χ1) is 7.09. The number of nitrogens with two attached hydrogens (primary N) is 1. The van der Waals surface area contributed by atoms with Crippen LogP contribution in [0.15, 0.2) is 24.3 Å². The van der Waals surface area contributed by atoms with E-state index in [1.807, 2.05) is 0 Å². The van der Waals surface area contributed by atoms with E-state index in [2.05, 4.69) is 0 Å². The molecule has 0 heterocycles. The van der Waals surface area contributed by atoms with E-state index in [1.165, 1.54) is 12.1 Å². The normalized spacial score (nSPS) is 11.0. The summed E-state index contributed by atoms with van der Waals surface area (Å²) in [4.78, 5) is 24.4. The predicted octanol–water partition coefficient (Wildman–Crippen LogP) is 0.414. The average molecular weight is 213 g/mol. The Morgan fingerprint density at radius 3 is 2.13 bits per heavy atom. The summed E-state index contributed by atoms with van der Waals surface area (Å²) >= 11 is 0. The monoisotopic (exact) mass is 213 g/mol. The number of hydrogen-bond acceptors (Lipinski definition) is 5. The summed E-state index contributed by atoms with van der Waals surface area (Å²) in [7, 11) is 0. The van der Waals surface area contributed by atoms with E-state index in [1.54, 1.807) is 12.1 Å². The molecule has 0 amide bonds. The average Bonchev–Trinajstić information content (AvgIpc) is 2.24. The second-order valence-corrected chi connectivity index (χ2v) is 2.82. The van der Waals surface area contributed by atoms with Crippen LogP contribution in [0.5, 0.6) is 5.75 Å². The highest BCUT2D eigenvalue weighted by Crippen LogP contribution is 2.10. The van der Waals surface area contributed by atoms with Crippen LogP contribution < -0.4 is 5.73 Å². The largest absolute Gasteiger partial charge is 0.508 e. The molecule has 1 rings (SSSR count). The third-order valence-electron chi connectivity index (χ3n) is 1.71. The molecule has 0 spiro atoms. The highest BCUT2D eigenvalue weighted by molar-refractivity contribution is 5.73. The maximum absolute atomic E-state index is 10.4. The molecular formula is C9H11NO5. The van der Waals surface area contributed by atoms with Gasteiger partial charge < -0.3 is 15.9 Å². The molecule has 0 fully saturated rings. The molecule has 15 heavy (non-hydrogen) atoms. The molecule has 6 nitrogen and oxygen atoms in total. The SMILES string of the molecule is NC(Cc1ccc(O)cc1)C(=O)O.O=O. The van der Waals surface area contributed by atoms with Crippen LogP contribution in [-0.4, -0.2) is 22.2 Å². The van der Waals surface area contributed by atoms with Crippen LogP contribution in [0, 0.1) is 9.93 Å². The molecule has 1 unspecified atom stereocenters. The van der Waals surface area contributed by atoms with E-state index < -0.39 is 12.0 Å². The maximum Gasteiger partial charge on any atom is 0.320 e. The lowest BCUT2D eigenvalue weighted by molar-refractivity contribution is -0.138. The molecule has 0 aliphatic heterocycles. The zero-order chi connectivity index (χ0) is 11.8. The van der Waals surface area contributed by atoms with Crippen molar-refractivity contribution in [2.24, 2.45) is 5.73 Å². The van der Waals surface area contributed by atoms with Gasteiger partial charge in [-0.15, -0.1) is 0 Å². The van der Waals surface area contributed by atoms with Gasteiger partial charge in [-0.1, -0.05) is 12.1 Å². The van der Waals surface area contributed by atoms with Crippen molar-refractivity contribution in [2.75, 3.05) is 0 Å². The molecule has 0 radical (unpaired) electrons. The van der Waals surface area contributed by atoms with Crippen molar-refractivity contribution in [3.05, 3.63) is 39.8 Å². The number of rotatable bonds is 3. The lowest BCUT2D eigenvalue weighted by Crippen LogP contribution is -2.32. The number of carboxylic acid groups (broad SMARTS) is 1. The Morgan fingerprint density at radius 1 is 1.27 bits per heavy atom. The molecule has 6 heteroatoms. The molecule has 1 atom stereocenters. The van der Waals surface area contributed by atoms with E-state index in [9.17, 15) is 4.79 Å². The fourth-order valence-electron chi connectivity index (χ4n) is 0.973. The van der Waals surface area contributed by atoms with Crippen molar-refractivity contribution >= 4 is 5.97 Å². The van der Waals surface area contributed by atoms with Gasteiger partial charge in [0.15, 0.2) is 0 Å². The van der Waals surface area contributed by atoms with Crippen LogP contribution in [0.25, 0.3) is 0 Å². The van der Waals surface area contributed by atoms with Crippen LogP contribution in [0.1, 0.15) is 5.56 Å². The second-order valence-electron chi connectivity index (χ2n) is 2.82. The minimum Gasteiger partial charge on any atom is -0.508 e. The molecular weight excluding hydrogens is 202 g/mol. The summed E-state index contributed by atoms with van der Waals surface area (Å²) in [6.07, 6.45) is 0.273. The van der Waals surface area contributed by atoms with Crippen molar-refractivity contribution in [3.63, 3.8) is 0 Å². The van der Waals surface area contributed by atoms with Crippen molar-refractivity contribution in [1.82, 2.24) is 0 Å². The summed E-state index contributed by atoms with van der Waals surface area (Å²) in [6.45, 7) is 0. The number of phenolic OH excluding ortho intramolecular Hbond substituents is 1. The van der Waals surface area contributed by atoms with Crippen molar-refractivity contribution in [2.45, 2.75) is 12.5 Å². The van der Waals surface area contributed by atoms with Gasteiger partial charge >= 0.3 is 5.97 Å². The van der Waals surface area contributed by atoms with Gasteiger partial charge in [-0.2, -0.15) is 0 Å². The van der Waals surface area contributed by atoms with Crippen LogP contribution in [0.3, 0.4) is 0 Å². The van der Waals surface area contributed by atoms with Gasteiger partial charge in [0.1, 0.15) is 11.8 Å². The van der Waals surface area contributed by atoms with Gasteiger partial charge in [-0.05, 0) is 24.1 Å². The summed E-state index contributed by atoms with van der Waals surface area (Å²) in [6, 6.07) is 5.42. The quantitative estimate of drug-likeness (QED) is 0.669. The fourth-order valence-corrected chi connectivity index (χ4v) is 0.973. The highest BCUT2D eigenvalue weighted by atomic mass is 16.7. The Kier molecular flexibility index (Phi) is 5.65. The van der Waals surface area contributed by atoms with Crippen LogP contribution in [0.4, 0.5) is 0 Å².